The first kappa shape index (κ1) is 17.9. The highest BCUT2D eigenvalue weighted by Crippen LogP contribution is 2.30. The Morgan fingerprint density at radius 3 is 2.62 bits per heavy atom. The molecule has 2 N–H and O–H groups in total. The van der Waals surface area contributed by atoms with Crippen molar-refractivity contribution in [1.82, 2.24) is 10.2 Å². The number of methoxy groups -OCH3 is 1. The van der Waals surface area contributed by atoms with Crippen LogP contribution in [0.15, 0.2) is 23.0 Å². The Labute approximate surface area is 144 Å². The van der Waals surface area contributed by atoms with Gasteiger partial charge in [0.15, 0.2) is 11.5 Å². The number of rotatable bonds is 8. The lowest BCUT2D eigenvalue weighted by molar-refractivity contribution is 0.310. The van der Waals surface area contributed by atoms with Crippen molar-refractivity contribution in [1.29, 1.82) is 0 Å². The molecule has 0 aliphatic heterocycles. The quantitative estimate of drug-likeness (QED) is 0.759. The number of hydrogen-bond acceptors (Lipinski definition) is 6. The second kappa shape index (κ2) is 8.44. The Morgan fingerprint density at radius 2 is 1.96 bits per heavy atom. The highest BCUT2D eigenvalue weighted by Gasteiger charge is 2.14. The number of aromatic amines is 1. The zero-order valence-electron chi connectivity index (χ0n) is 13.8. The molecule has 8 heteroatoms. The zero-order chi connectivity index (χ0) is 17.5. The maximum absolute atomic E-state index is 11.6. The van der Waals surface area contributed by atoms with Crippen molar-refractivity contribution >= 4 is 17.3 Å². The third kappa shape index (κ3) is 4.11. The van der Waals surface area contributed by atoms with E-state index in [4.69, 9.17) is 25.8 Å². The van der Waals surface area contributed by atoms with Crippen molar-refractivity contribution < 1.29 is 14.2 Å². The van der Waals surface area contributed by atoms with Gasteiger partial charge in [0.2, 0.25) is 0 Å². The number of halogens is 1. The molecule has 0 bridgehead atoms. The van der Waals surface area contributed by atoms with Crippen LogP contribution < -0.4 is 25.1 Å². The molecule has 0 saturated heterocycles. The van der Waals surface area contributed by atoms with Crippen molar-refractivity contribution in [3.63, 3.8) is 0 Å². The number of nitrogens with zero attached hydrogens (tertiary/aromatic N) is 1. The maximum atomic E-state index is 11.6. The van der Waals surface area contributed by atoms with Crippen molar-refractivity contribution in [2.45, 2.75) is 20.4 Å². The monoisotopic (exact) mass is 353 g/mol. The lowest BCUT2D eigenvalue weighted by Gasteiger charge is -2.14. The highest BCUT2D eigenvalue weighted by atomic mass is 35.5. The lowest BCUT2D eigenvalue weighted by atomic mass is 10.2. The molecule has 7 nitrogen and oxygen atoms in total. The minimum absolute atomic E-state index is 0.00648. The van der Waals surface area contributed by atoms with Crippen molar-refractivity contribution in [2.75, 3.05) is 25.6 Å². The second-order valence-electron chi connectivity index (χ2n) is 4.75. The molecule has 1 aromatic carbocycles. The summed E-state index contributed by atoms with van der Waals surface area (Å²) in [5.41, 5.74) is 0.807. The summed E-state index contributed by atoms with van der Waals surface area (Å²) in [7, 11) is 1.59. The Hall–Kier alpha value is -2.41. The topological polar surface area (TPSA) is 85.5 Å². The molecule has 0 spiro atoms. The molecule has 0 fully saturated rings. The van der Waals surface area contributed by atoms with Gasteiger partial charge in [-0.3, -0.25) is 4.79 Å². The Morgan fingerprint density at radius 1 is 1.21 bits per heavy atom. The Kier molecular flexibility index (Phi) is 6.31. The van der Waals surface area contributed by atoms with Gasteiger partial charge in [0.05, 0.1) is 20.3 Å². The van der Waals surface area contributed by atoms with Crippen molar-refractivity contribution in [3.05, 3.63) is 39.1 Å². The van der Waals surface area contributed by atoms with Gasteiger partial charge in [0, 0.05) is 6.54 Å². The maximum Gasteiger partial charge on any atom is 0.285 e. The van der Waals surface area contributed by atoms with Gasteiger partial charge in [-0.2, -0.15) is 0 Å². The van der Waals surface area contributed by atoms with Crippen LogP contribution in [0.2, 0.25) is 5.02 Å². The summed E-state index contributed by atoms with van der Waals surface area (Å²) in [5.74, 6) is 1.56. The van der Waals surface area contributed by atoms with Gasteiger partial charge in [0.1, 0.15) is 10.7 Å². The largest absolute Gasteiger partial charge is 0.493 e. The molecule has 0 aliphatic carbocycles. The first-order chi connectivity index (χ1) is 11.6. The predicted molar refractivity (Wildman–Crippen MR) is 92.5 cm³/mol. The molecule has 0 amide bonds. The number of hydrogen-bond donors (Lipinski definition) is 2. The Bertz CT molecular complexity index is 749. The van der Waals surface area contributed by atoms with Gasteiger partial charge in [-0.05, 0) is 31.5 Å². The molecule has 130 valence electrons. The van der Waals surface area contributed by atoms with E-state index < -0.39 is 5.56 Å². The van der Waals surface area contributed by atoms with Gasteiger partial charge in [0.25, 0.3) is 11.4 Å². The van der Waals surface area contributed by atoms with Crippen LogP contribution in [0.1, 0.15) is 19.4 Å². The fourth-order valence-corrected chi connectivity index (χ4v) is 2.29. The molecule has 2 aromatic rings. The minimum atomic E-state index is -0.479. The van der Waals surface area contributed by atoms with Crippen LogP contribution in [0.3, 0.4) is 0 Å². The molecule has 1 aromatic heterocycles. The summed E-state index contributed by atoms with van der Waals surface area (Å²) in [6.07, 6.45) is 0. The molecular formula is C16H20ClN3O4. The minimum Gasteiger partial charge on any atom is -0.493 e. The van der Waals surface area contributed by atoms with Crippen LogP contribution >= 0.6 is 11.6 Å². The molecule has 0 atom stereocenters. The number of anilines is 1. The SMILES string of the molecule is CCOc1cc(CNc2c(OCC)n[nH]c(=O)c2Cl)ccc1OC. The molecule has 0 unspecified atom stereocenters. The van der Waals surface area contributed by atoms with E-state index in [1.54, 1.807) is 7.11 Å². The number of aromatic nitrogens is 2. The van der Waals surface area contributed by atoms with Gasteiger partial charge in [-0.15, -0.1) is 5.10 Å². The van der Waals surface area contributed by atoms with Crippen LogP contribution in [0, 0.1) is 0 Å². The van der Waals surface area contributed by atoms with Gasteiger partial charge in [-0.1, -0.05) is 17.7 Å². The standard InChI is InChI=1S/C16H20ClN3O4/c1-4-23-12-8-10(6-7-11(12)22-3)9-18-14-13(17)15(21)19-20-16(14)24-5-2/h6-8H,4-5,9H2,1-3H3,(H2,18,19,21). The molecule has 0 aliphatic rings. The first-order valence-corrected chi connectivity index (χ1v) is 7.93. The predicted octanol–water partition coefficient (Wildman–Crippen LogP) is 2.84. The molecule has 24 heavy (non-hydrogen) atoms. The van der Waals surface area contributed by atoms with E-state index in [0.29, 0.717) is 36.9 Å². The van der Waals surface area contributed by atoms with E-state index in [9.17, 15) is 4.79 Å². The Balaban J connectivity index is 2.23. The number of benzene rings is 1. The lowest BCUT2D eigenvalue weighted by Crippen LogP contribution is -2.15. The summed E-state index contributed by atoms with van der Waals surface area (Å²) in [5, 5.41) is 9.26. The average molecular weight is 354 g/mol. The van der Waals surface area contributed by atoms with Crippen LogP contribution in [0.5, 0.6) is 17.4 Å². The summed E-state index contributed by atoms with van der Waals surface area (Å²) >= 11 is 6.06. The summed E-state index contributed by atoms with van der Waals surface area (Å²) in [6.45, 7) is 5.07. The van der Waals surface area contributed by atoms with Crippen molar-refractivity contribution in [2.24, 2.45) is 0 Å². The van der Waals surface area contributed by atoms with E-state index in [-0.39, 0.29) is 10.9 Å². The zero-order valence-corrected chi connectivity index (χ0v) is 14.6. The molecule has 2 rings (SSSR count). The van der Waals surface area contributed by atoms with E-state index in [1.165, 1.54) is 0 Å². The third-order valence-electron chi connectivity index (χ3n) is 3.17. The summed E-state index contributed by atoms with van der Waals surface area (Å²) in [6, 6.07) is 5.58. The van der Waals surface area contributed by atoms with E-state index in [2.05, 4.69) is 15.5 Å². The fraction of sp³-hybridized carbons (Fsp3) is 0.375. The van der Waals surface area contributed by atoms with Gasteiger partial charge < -0.3 is 19.5 Å². The second-order valence-corrected chi connectivity index (χ2v) is 5.13. The number of nitrogens with one attached hydrogen (secondary N) is 2. The van der Waals surface area contributed by atoms with Gasteiger partial charge >= 0.3 is 0 Å². The fourth-order valence-electron chi connectivity index (χ4n) is 2.10. The van der Waals surface area contributed by atoms with Crippen LogP contribution in [0.25, 0.3) is 0 Å². The van der Waals surface area contributed by atoms with Crippen LogP contribution in [0.4, 0.5) is 5.69 Å². The third-order valence-corrected chi connectivity index (χ3v) is 3.53. The molecular weight excluding hydrogens is 334 g/mol. The van der Waals surface area contributed by atoms with Crippen molar-refractivity contribution in [3.8, 4) is 17.4 Å². The summed E-state index contributed by atoms with van der Waals surface area (Å²) in [4.78, 5) is 11.6. The molecule has 0 radical (unpaired) electrons. The highest BCUT2D eigenvalue weighted by molar-refractivity contribution is 6.33. The summed E-state index contributed by atoms with van der Waals surface area (Å²) < 4.78 is 16.2. The number of H-pyrrole nitrogens is 1. The van der Waals surface area contributed by atoms with Crippen LogP contribution in [-0.2, 0) is 6.54 Å². The van der Waals surface area contributed by atoms with Gasteiger partial charge in [-0.25, -0.2) is 5.10 Å². The molecule has 1 heterocycles. The average Bonchev–Trinajstić information content (AvgIpc) is 2.58. The first-order valence-electron chi connectivity index (χ1n) is 7.55. The number of ether oxygens (including phenoxy) is 3. The van der Waals surface area contributed by atoms with E-state index >= 15 is 0 Å². The van der Waals surface area contributed by atoms with Crippen LogP contribution in [-0.4, -0.2) is 30.5 Å². The smallest absolute Gasteiger partial charge is 0.285 e. The normalized spacial score (nSPS) is 10.3. The molecule has 0 saturated carbocycles. The van der Waals surface area contributed by atoms with E-state index in [1.807, 2.05) is 32.0 Å². The van der Waals surface area contributed by atoms with E-state index in [0.717, 1.165) is 5.56 Å².